The molecular formula is C12H14ClN5O. The van der Waals surface area contributed by atoms with Crippen molar-refractivity contribution in [3.05, 3.63) is 34.9 Å². The molecule has 0 saturated heterocycles. The monoisotopic (exact) mass is 279 g/mol. The van der Waals surface area contributed by atoms with Crippen LogP contribution in [0.15, 0.2) is 18.3 Å². The molecule has 7 heteroatoms. The molecule has 6 nitrogen and oxygen atoms in total. The summed E-state index contributed by atoms with van der Waals surface area (Å²) in [5.41, 5.74) is 7.56. The van der Waals surface area contributed by atoms with Gasteiger partial charge in [-0.25, -0.2) is 4.98 Å². The zero-order valence-corrected chi connectivity index (χ0v) is 11.3. The zero-order valence-electron chi connectivity index (χ0n) is 10.6. The maximum Gasteiger partial charge on any atom is 0.278 e. The van der Waals surface area contributed by atoms with Gasteiger partial charge in [-0.3, -0.25) is 9.89 Å². The van der Waals surface area contributed by atoms with Crippen LogP contribution in [0.1, 0.15) is 35.9 Å². The van der Waals surface area contributed by atoms with Gasteiger partial charge in [0.2, 0.25) is 0 Å². The lowest BCUT2D eigenvalue weighted by atomic mass is 10.1. The molecule has 0 unspecified atom stereocenters. The number of nitrogens with zero attached hydrogens (tertiary/aromatic N) is 2. The van der Waals surface area contributed by atoms with E-state index in [1.54, 1.807) is 12.1 Å². The average molecular weight is 280 g/mol. The molecule has 0 aliphatic rings. The Morgan fingerprint density at radius 3 is 2.84 bits per heavy atom. The standard InChI is InChI=1S/C12H14ClN5O/c1-6(2)9-8(14)10(18-17-9)12(19)16-7-4-3-5-15-11(7)13/h3-6H,14H2,1-2H3,(H,16,19)(H,17,18). The molecule has 0 aliphatic carbocycles. The second-order valence-electron chi connectivity index (χ2n) is 4.35. The Morgan fingerprint density at radius 1 is 1.53 bits per heavy atom. The van der Waals surface area contributed by atoms with E-state index in [4.69, 9.17) is 17.3 Å². The maximum atomic E-state index is 12.1. The van der Waals surface area contributed by atoms with E-state index < -0.39 is 5.91 Å². The van der Waals surface area contributed by atoms with Crippen molar-refractivity contribution < 1.29 is 4.79 Å². The summed E-state index contributed by atoms with van der Waals surface area (Å²) in [5, 5.41) is 9.55. The summed E-state index contributed by atoms with van der Waals surface area (Å²) >= 11 is 5.87. The highest BCUT2D eigenvalue weighted by Gasteiger charge is 2.19. The van der Waals surface area contributed by atoms with Crippen LogP contribution in [0.5, 0.6) is 0 Å². The molecule has 0 spiro atoms. The predicted octanol–water partition coefficient (Wildman–Crippen LogP) is 2.42. The molecule has 2 aromatic rings. The summed E-state index contributed by atoms with van der Waals surface area (Å²) < 4.78 is 0. The Balaban J connectivity index is 2.24. The van der Waals surface area contributed by atoms with Gasteiger partial charge in [-0.05, 0) is 18.1 Å². The Labute approximate surface area is 115 Å². The third kappa shape index (κ3) is 2.68. The number of halogens is 1. The van der Waals surface area contributed by atoms with Gasteiger partial charge < -0.3 is 11.1 Å². The van der Waals surface area contributed by atoms with Crippen molar-refractivity contribution >= 4 is 28.9 Å². The van der Waals surface area contributed by atoms with Crippen LogP contribution in [-0.4, -0.2) is 21.1 Å². The van der Waals surface area contributed by atoms with E-state index >= 15 is 0 Å². The number of pyridine rings is 1. The van der Waals surface area contributed by atoms with Crippen LogP contribution in [0.4, 0.5) is 11.4 Å². The first-order valence-corrected chi connectivity index (χ1v) is 6.14. The number of aromatic amines is 1. The summed E-state index contributed by atoms with van der Waals surface area (Å²) in [7, 11) is 0. The van der Waals surface area contributed by atoms with E-state index in [1.165, 1.54) is 6.20 Å². The maximum absolute atomic E-state index is 12.1. The van der Waals surface area contributed by atoms with Gasteiger partial charge in [0.05, 0.1) is 17.1 Å². The number of nitrogens with one attached hydrogen (secondary N) is 2. The molecular weight excluding hydrogens is 266 g/mol. The van der Waals surface area contributed by atoms with Gasteiger partial charge in [-0.1, -0.05) is 25.4 Å². The molecule has 0 radical (unpaired) electrons. The highest BCUT2D eigenvalue weighted by molar-refractivity contribution is 6.32. The number of H-pyrrole nitrogens is 1. The molecule has 100 valence electrons. The second-order valence-corrected chi connectivity index (χ2v) is 4.71. The average Bonchev–Trinajstić information content (AvgIpc) is 2.74. The number of carbonyl (C=O) groups excluding carboxylic acids is 1. The zero-order chi connectivity index (χ0) is 14.0. The quantitative estimate of drug-likeness (QED) is 0.752. The fraction of sp³-hybridized carbons (Fsp3) is 0.250. The molecule has 0 aliphatic heterocycles. The molecule has 0 bridgehead atoms. The van der Waals surface area contributed by atoms with Crippen molar-refractivity contribution in [2.24, 2.45) is 0 Å². The largest absolute Gasteiger partial charge is 0.395 e. The number of rotatable bonds is 3. The van der Waals surface area contributed by atoms with E-state index in [1.807, 2.05) is 13.8 Å². The number of hydrogen-bond donors (Lipinski definition) is 3. The lowest BCUT2D eigenvalue weighted by Crippen LogP contribution is -2.15. The van der Waals surface area contributed by atoms with E-state index in [0.717, 1.165) is 5.69 Å². The lowest BCUT2D eigenvalue weighted by molar-refractivity contribution is 0.102. The summed E-state index contributed by atoms with van der Waals surface area (Å²) in [5.74, 6) is -0.258. The summed E-state index contributed by atoms with van der Waals surface area (Å²) in [4.78, 5) is 15.9. The first-order valence-electron chi connectivity index (χ1n) is 5.76. The smallest absolute Gasteiger partial charge is 0.278 e. The number of nitrogens with two attached hydrogens (primary N) is 1. The van der Waals surface area contributed by atoms with E-state index in [0.29, 0.717) is 11.4 Å². The normalized spacial score (nSPS) is 10.7. The minimum atomic E-state index is -0.421. The van der Waals surface area contributed by atoms with Crippen LogP contribution in [0, 0.1) is 0 Å². The second kappa shape index (κ2) is 5.27. The first-order chi connectivity index (χ1) is 9.00. The highest BCUT2D eigenvalue weighted by atomic mass is 35.5. The van der Waals surface area contributed by atoms with Crippen LogP contribution in [0.3, 0.4) is 0 Å². The molecule has 2 aromatic heterocycles. The van der Waals surface area contributed by atoms with Gasteiger partial charge >= 0.3 is 0 Å². The third-order valence-electron chi connectivity index (χ3n) is 2.63. The van der Waals surface area contributed by atoms with Crippen molar-refractivity contribution in [1.29, 1.82) is 0 Å². The number of carbonyl (C=O) groups is 1. The first kappa shape index (κ1) is 13.4. The molecule has 2 heterocycles. The number of aromatic nitrogens is 3. The molecule has 19 heavy (non-hydrogen) atoms. The van der Waals surface area contributed by atoms with Crippen molar-refractivity contribution in [1.82, 2.24) is 15.2 Å². The molecule has 2 rings (SSSR count). The summed E-state index contributed by atoms with van der Waals surface area (Å²) in [6.45, 7) is 3.92. The van der Waals surface area contributed by atoms with Gasteiger partial charge in [0.1, 0.15) is 0 Å². The van der Waals surface area contributed by atoms with Gasteiger partial charge in [0.25, 0.3) is 5.91 Å². The number of nitrogen functional groups attached to an aromatic ring is 1. The van der Waals surface area contributed by atoms with Gasteiger partial charge in [-0.2, -0.15) is 5.10 Å². The third-order valence-corrected chi connectivity index (χ3v) is 2.93. The Morgan fingerprint density at radius 2 is 2.26 bits per heavy atom. The Hall–Kier alpha value is -2.08. The van der Waals surface area contributed by atoms with Gasteiger partial charge in [0, 0.05) is 6.20 Å². The lowest BCUT2D eigenvalue weighted by Gasteiger charge is -2.05. The van der Waals surface area contributed by atoms with E-state index in [2.05, 4.69) is 20.5 Å². The van der Waals surface area contributed by atoms with E-state index in [9.17, 15) is 4.79 Å². The predicted molar refractivity (Wildman–Crippen MR) is 74.3 cm³/mol. The number of amides is 1. The minimum absolute atomic E-state index is 0.156. The van der Waals surface area contributed by atoms with E-state index in [-0.39, 0.29) is 16.8 Å². The van der Waals surface area contributed by atoms with Crippen molar-refractivity contribution in [3.63, 3.8) is 0 Å². The highest BCUT2D eigenvalue weighted by Crippen LogP contribution is 2.24. The molecule has 0 atom stereocenters. The van der Waals surface area contributed by atoms with Crippen LogP contribution >= 0.6 is 11.6 Å². The van der Waals surface area contributed by atoms with Crippen LogP contribution in [0.2, 0.25) is 5.15 Å². The Bertz CT molecular complexity index is 608. The van der Waals surface area contributed by atoms with Crippen molar-refractivity contribution in [3.8, 4) is 0 Å². The topological polar surface area (TPSA) is 96.7 Å². The number of anilines is 2. The van der Waals surface area contributed by atoms with Crippen LogP contribution < -0.4 is 11.1 Å². The summed E-state index contributed by atoms with van der Waals surface area (Å²) in [6, 6.07) is 3.33. The fourth-order valence-corrected chi connectivity index (χ4v) is 1.80. The van der Waals surface area contributed by atoms with Crippen LogP contribution in [-0.2, 0) is 0 Å². The molecule has 0 aromatic carbocycles. The molecule has 1 amide bonds. The molecule has 4 N–H and O–H groups in total. The van der Waals surface area contributed by atoms with Crippen LogP contribution in [0.25, 0.3) is 0 Å². The van der Waals surface area contributed by atoms with Crippen molar-refractivity contribution in [2.75, 3.05) is 11.1 Å². The summed E-state index contributed by atoms with van der Waals surface area (Å²) in [6.07, 6.45) is 1.54. The SMILES string of the molecule is CC(C)c1[nH]nc(C(=O)Nc2cccnc2Cl)c1N. The van der Waals surface area contributed by atoms with Gasteiger partial charge in [-0.15, -0.1) is 0 Å². The molecule has 0 saturated carbocycles. The molecule has 0 fully saturated rings. The van der Waals surface area contributed by atoms with Crippen molar-refractivity contribution in [2.45, 2.75) is 19.8 Å². The Kier molecular flexibility index (Phi) is 3.71. The van der Waals surface area contributed by atoms with Gasteiger partial charge in [0.15, 0.2) is 10.8 Å². The minimum Gasteiger partial charge on any atom is -0.395 e. The fourth-order valence-electron chi connectivity index (χ4n) is 1.64. The number of hydrogen-bond acceptors (Lipinski definition) is 4.